The van der Waals surface area contributed by atoms with E-state index in [1.54, 1.807) is 0 Å². The Balaban J connectivity index is 1.35. The molecule has 4 aromatic rings. The van der Waals surface area contributed by atoms with Crippen LogP contribution in [-0.4, -0.2) is 62.3 Å². The van der Waals surface area contributed by atoms with Crippen LogP contribution in [0.3, 0.4) is 0 Å². The first-order valence-electron chi connectivity index (χ1n) is 15.3. The number of H-pyrrole nitrogens is 1. The zero-order chi connectivity index (χ0) is 29.3. The lowest BCUT2D eigenvalue weighted by atomic mass is 9.81. The van der Waals surface area contributed by atoms with E-state index in [0.29, 0.717) is 12.5 Å². The van der Waals surface area contributed by atoms with Crippen LogP contribution < -0.4 is 9.80 Å². The maximum atomic E-state index is 6.99. The van der Waals surface area contributed by atoms with Crippen LogP contribution in [0.4, 0.5) is 11.6 Å². The van der Waals surface area contributed by atoms with Crippen molar-refractivity contribution in [1.82, 2.24) is 29.9 Å². The summed E-state index contributed by atoms with van der Waals surface area (Å²) in [6.45, 7) is 14.9. The normalized spacial score (nSPS) is 20.4. The Hall–Kier alpha value is -3.17. The molecule has 10 heteroatoms. The number of nitrogens with one attached hydrogen (secondary N) is 1. The highest BCUT2D eigenvalue weighted by Crippen LogP contribution is 2.46. The number of aromatic amines is 1. The maximum Gasteiger partial charge on any atom is 0.162 e. The van der Waals surface area contributed by atoms with Gasteiger partial charge < -0.3 is 14.5 Å². The number of aromatic nitrogens is 6. The van der Waals surface area contributed by atoms with Gasteiger partial charge in [-0.1, -0.05) is 31.5 Å². The first-order chi connectivity index (χ1) is 20.2. The van der Waals surface area contributed by atoms with Crippen molar-refractivity contribution < 1.29 is 4.74 Å². The Morgan fingerprint density at radius 2 is 1.90 bits per heavy atom. The molecule has 1 unspecified atom stereocenters. The maximum absolute atomic E-state index is 6.99. The van der Waals surface area contributed by atoms with Crippen LogP contribution in [0, 0.1) is 19.3 Å². The SMILES string of the molecule is CCOC1CCN(c2nc(-c3c(C)ccc4[nH]nc(C)c34)nc3c2CN(c2c(Cl)c(C4CC4)nn2C)CC3)CC1(C)C. The van der Waals surface area contributed by atoms with Gasteiger partial charge in [0.05, 0.1) is 28.7 Å². The lowest BCUT2D eigenvalue weighted by molar-refractivity contribution is -0.0310. The van der Waals surface area contributed by atoms with E-state index in [1.165, 1.54) is 18.4 Å². The first-order valence-corrected chi connectivity index (χ1v) is 15.7. The van der Waals surface area contributed by atoms with Crippen LogP contribution in [0.5, 0.6) is 0 Å². The number of piperidine rings is 1. The molecule has 1 atom stereocenters. The van der Waals surface area contributed by atoms with Crippen molar-refractivity contribution in [3.63, 3.8) is 0 Å². The van der Waals surface area contributed by atoms with E-state index in [0.717, 1.165) is 101 Å². The van der Waals surface area contributed by atoms with Crippen molar-refractivity contribution in [2.24, 2.45) is 12.5 Å². The topological polar surface area (TPSA) is 88.0 Å². The second-order valence-electron chi connectivity index (χ2n) is 13.0. The van der Waals surface area contributed by atoms with Gasteiger partial charge in [0, 0.05) is 74.1 Å². The summed E-state index contributed by atoms with van der Waals surface area (Å²) in [7, 11) is 2.01. The van der Waals surface area contributed by atoms with Crippen molar-refractivity contribution in [3.8, 4) is 11.4 Å². The van der Waals surface area contributed by atoms with Gasteiger partial charge in [-0.25, -0.2) is 9.97 Å². The molecule has 222 valence electrons. The highest BCUT2D eigenvalue weighted by atomic mass is 35.5. The van der Waals surface area contributed by atoms with E-state index < -0.39 is 0 Å². The van der Waals surface area contributed by atoms with Crippen molar-refractivity contribution in [1.29, 1.82) is 0 Å². The average molecular weight is 589 g/mol. The summed E-state index contributed by atoms with van der Waals surface area (Å²) in [5.74, 6) is 3.32. The van der Waals surface area contributed by atoms with Crippen molar-refractivity contribution >= 4 is 34.1 Å². The van der Waals surface area contributed by atoms with Gasteiger partial charge in [-0.2, -0.15) is 10.2 Å². The van der Waals surface area contributed by atoms with Crippen LogP contribution in [0.25, 0.3) is 22.3 Å². The first kappa shape index (κ1) is 27.7. The summed E-state index contributed by atoms with van der Waals surface area (Å²) in [4.78, 5) is 15.5. The molecule has 2 fully saturated rings. The zero-order valence-corrected chi connectivity index (χ0v) is 26.3. The van der Waals surface area contributed by atoms with Gasteiger partial charge in [-0.15, -0.1) is 0 Å². The standard InChI is InChI=1S/C32H41ClN8O/c1-7-42-24-13-15-41(17-32(24,4)5)30-21-16-40(31-27(33)28(20-9-10-20)38-39(31)6)14-12-22(21)34-29(35-30)25-18(2)8-11-23-26(25)19(3)36-37-23/h8,11,20,24H,7,9-10,12-17H2,1-6H3,(H,36,37). The van der Waals surface area contributed by atoms with Gasteiger partial charge in [0.15, 0.2) is 5.82 Å². The molecule has 1 aromatic carbocycles. The second kappa shape index (κ2) is 10.2. The highest BCUT2D eigenvalue weighted by molar-refractivity contribution is 6.33. The number of hydrogen-bond acceptors (Lipinski definition) is 7. The summed E-state index contributed by atoms with van der Waals surface area (Å²) in [6, 6.07) is 4.23. The minimum Gasteiger partial charge on any atom is -0.378 e. The van der Waals surface area contributed by atoms with Crippen molar-refractivity contribution in [3.05, 3.63) is 45.4 Å². The molecule has 9 nitrogen and oxygen atoms in total. The average Bonchev–Trinajstić information content (AvgIpc) is 3.67. The molecule has 0 bridgehead atoms. The van der Waals surface area contributed by atoms with Crippen LogP contribution in [-0.2, 0) is 24.8 Å². The Labute approximate surface area is 252 Å². The quantitative estimate of drug-likeness (QED) is 0.291. The Bertz CT molecular complexity index is 1670. The predicted molar refractivity (Wildman–Crippen MR) is 168 cm³/mol. The number of ether oxygens (including phenoxy) is 1. The molecule has 7 rings (SSSR count). The number of aryl methyl sites for hydroxylation is 3. The number of hydrogen-bond donors (Lipinski definition) is 1. The van der Waals surface area contributed by atoms with E-state index in [1.807, 2.05) is 18.7 Å². The number of halogens is 1. The smallest absolute Gasteiger partial charge is 0.162 e. The van der Waals surface area contributed by atoms with Crippen LogP contribution in [0.15, 0.2) is 12.1 Å². The van der Waals surface area contributed by atoms with Gasteiger partial charge in [0.2, 0.25) is 0 Å². The van der Waals surface area contributed by atoms with E-state index in [-0.39, 0.29) is 11.5 Å². The summed E-state index contributed by atoms with van der Waals surface area (Å²) < 4.78 is 8.15. The Morgan fingerprint density at radius 3 is 2.64 bits per heavy atom. The van der Waals surface area contributed by atoms with Gasteiger partial charge >= 0.3 is 0 Å². The molecule has 42 heavy (non-hydrogen) atoms. The van der Waals surface area contributed by atoms with Crippen LogP contribution >= 0.6 is 11.6 Å². The molecule has 2 aliphatic heterocycles. The molecule has 0 amide bonds. The van der Waals surface area contributed by atoms with E-state index in [4.69, 9.17) is 31.4 Å². The van der Waals surface area contributed by atoms with Crippen LogP contribution in [0.2, 0.25) is 5.02 Å². The molecule has 1 N–H and O–H groups in total. The van der Waals surface area contributed by atoms with Gasteiger partial charge in [0.25, 0.3) is 0 Å². The Kier molecular flexibility index (Phi) is 6.73. The molecular formula is C32H41ClN8O. The van der Waals surface area contributed by atoms with E-state index >= 15 is 0 Å². The van der Waals surface area contributed by atoms with Crippen LogP contribution in [0.1, 0.15) is 74.2 Å². The number of rotatable bonds is 6. The largest absolute Gasteiger partial charge is 0.378 e. The van der Waals surface area contributed by atoms with E-state index in [2.05, 4.69) is 59.8 Å². The highest BCUT2D eigenvalue weighted by Gasteiger charge is 2.39. The molecule has 0 radical (unpaired) electrons. The number of fused-ring (bicyclic) bond motifs is 2. The van der Waals surface area contributed by atoms with Gasteiger partial charge in [-0.05, 0) is 51.7 Å². The zero-order valence-electron chi connectivity index (χ0n) is 25.6. The third-order valence-corrected chi connectivity index (χ3v) is 9.79. The van der Waals surface area contributed by atoms with E-state index in [9.17, 15) is 0 Å². The Morgan fingerprint density at radius 1 is 1.10 bits per heavy atom. The number of anilines is 2. The fourth-order valence-corrected chi connectivity index (χ4v) is 7.55. The minimum absolute atomic E-state index is 0.0117. The van der Waals surface area contributed by atoms with Crippen molar-refractivity contribution in [2.45, 2.75) is 78.9 Å². The molecular weight excluding hydrogens is 548 g/mol. The molecule has 3 aromatic heterocycles. The lowest BCUT2D eigenvalue weighted by Gasteiger charge is -2.45. The predicted octanol–water partition coefficient (Wildman–Crippen LogP) is 6.11. The third kappa shape index (κ3) is 4.56. The molecule has 1 aliphatic carbocycles. The summed E-state index contributed by atoms with van der Waals surface area (Å²) in [5.41, 5.74) is 7.54. The summed E-state index contributed by atoms with van der Waals surface area (Å²) in [6.07, 6.45) is 4.36. The molecule has 1 saturated carbocycles. The number of nitrogens with zero attached hydrogens (tertiary/aromatic N) is 7. The van der Waals surface area contributed by atoms with Gasteiger partial charge in [0.1, 0.15) is 16.7 Å². The third-order valence-electron chi connectivity index (χ3n) is 9.43. The lowest BCUT2D eigenvalue weighted by Crippen LogP contribution is -2.50. The monoisotopic (exact) mass is 588 g/mol. The fraction of sp³-hybridized carbons (Fsp3) is 0.562. The molecule has 0 spiro atoms. The van der Waals surface area contributed by atoms with Crippen molar-refractivity contribution in [2.75, 3.05) is 36.0 Å². The molecule has 3 aliphatic rings. The fourth-order valence-electron chi connectivity index (χ4n) is 7.11. The second-order valence-corrected chi connectivity index (χ2v) is 13.4. The summed E-state index contributed by atoms with van der Waals surface area (Å²) in [5, 5.41) is 14.4. The molecule has 5 heterocycles. The summed E-state index contributed by atoms with van der Waals surface area (Å²) >= 11 is 6.99. The number of benzene rings is 1. The molecule has 1 saturated heterocycles. The van der Waals surface area contributed by atoms with Gasteiger partial charge in [-0.3, -0.25) is 9.78 Å². The minimum atomic E-state index is -0.0117.